The Balaban J connectivity index is 2.66. The summed E-state index contributed by atoms with van der Waals surface area (Å²) in [6, 6.07) is 0. The van der Waals surface area contributed by atoms with Gasteiger partial charge >= 0.3 is 0 Å². The lowest BCUT2D eigenvalue weighted by Crippen LogP contribution is -2.03. The molecule has 0 heterocycles. The minimum atomic E-state index is -0.530. The lowest BCUT2D eigenvalue weighted by molar-refractivity contribution is -0.115. The van der Waals surface area contributed by atoms with Crippen LogP contribution in [-0.2, 0) is 4.79 Å². The van der Waals surface area contributed by atoms with E-state index in [1.807, 2.05) is 19.1 Å². The van der Waals surface area contributed by atoms with Gasteiger partial charge in [0, 0.05) is 12.0 Å². The Morgan fingerprint density at radius 2 is 2.23 bits per heavy atom. The average Bonchev–Trinajstić information content (AvgIpc) is 2.32. The predicted molar refractivity (Wildman–Crippen MR) is 52.4 cm³/mol. The first-order valence-electron chi connectivity index (χ1n) is 4.72. The first-order chi connectivity index (χ1) is 6.16. The van der Waals surface area contributed by atoms with Crippen LogP contribution in [0.25, 0.3) is 0 Å². The molecule has 0 unspecified atom stereocenters. The SMILES string of the molecule is CC/C=C\CC1=C(C)[C@@H](O)CC1=O. The van der Waals surface area contributed by atoms with Crippen LogP contribution in [0.3, 0.4) is 0 Å². The van der Waals surface area contributed by atoms with Crippen molar-refractivity contribution in [3.63, 3.8) is 0 Å². The second kappa shape index (κ2) is 4.38. The Bertz CT molecular complexity index is 261. The fourth-order valence-electron chi connectivity index (χ4n) is 1.52. The van der Waals surface area contributed by atoms with E-state index in [9.17, 15) is 9.90 Å². The molecule has 2 nitrogen and oxygen atoms in total. The molecule has 0 fully saturated rings. The van der Waals surface area contributed by atoms with Gasteiger partial charge in [0.25, 0.3) is 0 Å². The summed E-state index contributed by atoms with van der Waals surface area (Å²) >= 11 is 0. The molecular weight excluding hydrogens is 164 g/mol. The first kappa shape index (κ1) is 10.2. The number of Topliss-reactive ketones (excluding diaryl/α,β-unsaturated/α-hetero) is 1. The molecule has 0 radical (unpaired) electrons. The summed E-state index contributed by atoms with van der Waals surface area (Å²) in [7, 11) is 0. The number of ketones is 1. The van der Waals surface area contributed by atoms with Crippen LogP contribution < -0.4 is 0 Å². The Hall–Kier alpha value is -0.890. The van der Waals surface area contributed by atoms with Crippen molar-refractivity contribution in [3.8, 4) is 0 Å². The van der Waals surface area contributed by atoms with Gasteiger partial charge < -0.3 is 5.11 Å². The van der Waals surface area contributed by atoms with Crippen molar-refractivity contribution in [3.05, 3.63) is 23.3 Å². The van der Waals surface area contributed by atoms with E-state index in [4.69, 9.17) is 0 Å². The zero-order valence-electron chi connectivity index (χ0n) is 8.21. The Labute approximate surface area is 79.0 Å². The van der Waals surface area contributed by atoms with Crippen molar-refractivity contribution < 1.29 is 9.90 Å². The van der Waals surface area contributed by atoms with E-state index in [1.54, 1.807) is 0 Å². The molecule has 0 aliphatic heterocycles. The van der Waals surface area contributed by atoms with E-state index >= 15 is 0 Å². The lowest BCUT2D eigenvalue weighted by Gasteiger charge is -2.00. The van der Waals surface area contributed by atoms with E-state index in [0.717, 1.165) is 17.6 Å². The monoisotopic (exact) mass is 180 g/mol. The molecule has 0 bridgehead atoms. The maximum Gasteiger partial charge on any atom is 0.162 e. The highest BCUT2D eigenvalue weighted by atomic mass is 16.3. The number of aliphatic hydroxyl groups excluding tert-OH is 1. The summed E-state index contributed by atoms with van der Waals surface area (Å²) < 4.78 is 0. The van der Waals surface area contributed by atoms with E-state index in [0.29, 0.717) is 6.42 Å². The highest BCUT2D eigenvalue weighted by molar-refractivity contribution is 5.99. The van der Waals surface area contributed by atoms with Crippen LogP contribution >= 0.6 is 0 Å². The standard InChI is InChI=1S/C11H16O2/c1-3-4-5-6-9-8(2)10(12)7-11(9)13/h4-5,10,12H,3,6-7H2,1-2H3/b5-4-/t10-/m0/s1. The molecule has 1 rings (SSSR count). The lowest BCUT2D eigenvalue weighted by atomic mass is 10.1. The van der Waals surface area contributed by atoms with Gasteiger partial charge in [-0.2, -0.15) is 0 Å². The molecule has 72 valence electrons. The maximum atomic E-state index is 11.3. The number of hydrogen-bond donors (Lipinski definition) is 1. The number of allylic oxidation sites excluding steroid dienone is 3. The number of rotatable bonds is 3. The smallest absolute Gasteiger partial charge is 0.162 e. The molecule has 0 saturated carbocycles. The van der Waals surface area contributed by atoms with Crippen LogP contribution in [0.15, 0.2) is 23.3 Å². The summed E-state index contributed by atoms with van der Waals surface area (Å²) in [5, 5.41) is 9.39. The molecule has 0 aromatic carbocycles. The van der Waals surface area contributed by atoms with Crippen molar-refractivity contribution in [2.45, 2.75) is 39.2 Å². The van der Waals surface area contributed by atoms with E-state index in [2.05, 4.69) is 6.92 Å². The van der Waals surface area contributed by atoms with Gasteiger partial charge in [-0.1, -0.05) is 19.1 Å². The van der Waals surface area contributed by atoms with Gasteiger partial charge in [0.1, 0.15) is 0 Å². The zero-order valence-corrected chi connectivity index (χ0v) is 8.21. The third kappa shape index (κ3) is 2.28. The van der Waals surface area contributed by atoms with Gasteiger partial charge in [0.2, 0.25) is 0 Å². The predicted octanol–water partition coefficient (Wildman–Crippen LogP) is 1.99. The second-order valence-electron chi connectivity index (χ2n) is 3.39. The zero-order chi connectivity index (χ0) is 9.84. The largest absolute Gasteiger partial charge is 0.388 e. The summed E-state index contributed by atoms with van der Waals surface area (Å²) in [5.74, 6) is 0.103. The van der Waals surface area contributed by atoms with Gasteiger partial charge in [-0.3, -0.25) is 4.79 Å². The van der Waals surface area contributed by atoms with Gasteiger partial charge in [-0.15, -0.1) is 0 Å². The normalized spacial score (nSPS) is 23.6. The van der Waals surface area contributed by atoms with Crippen LogP contribution in [0.4, 0.5) is 0 Å². The Morgan fingerprint density at radius 1 is 1.54 bits per heavy atom. The highest BCUT2D eigenvalue weighted by Crippen LogP contribution is 2.25. The van der Waals surface area contributed by atoms with Crippen molar-refractivity contribution in [1.29, 1.82) is 0 Å². The Morgan fingerprint density at radius 3 is 2.69 bits per heavy atom. The van der Waals surface area contributed by atoms with Gasteiger partial charge in [0.15, 0.2) is 5.78 Å². The number of aliphatic hydroxyl groups is 1. The molecule has 1 aliphatic rings. The van der Waals surface area contributed by atoms with Gasteiger partial charge in [0.05, 0.1) is 6.10 Å². The first-order valence-corrected chi connectivity index (χ1v) is 4.72. The molecule has 0 spiro atoms. The van der Waals surface area contributed by atoms with E-state index < -0.39 is 6.10 Å². The van der Waals surface area contributed by atoms with E-state index in [-0.39, 0.29) is 12.2 Å². The van der Waals surface area contributed by atoms with Crippen LogP contribution in [0.1, 0.15) is 33.1 Å². The van der Waals surface area contributed by atoms with Crippen molar-refractivity contribution in [1.82, 2.24) is 0 Å². The molecule has 13 heavy (non-hydrogen) atoms. The van der Waals surface area contributed by atoms with Crippen LogP contribution in [0.5, 0.6) is 0 Å². The number of carbonyl (C=O) groups is 1. The number of carbonyl (C=O) groups excluding carboxylic acids is 1. The highest BCUT2D eigenvalue weighted by Gasteiger charge is 2.26. The van der Waals surface area contributed by atoms with Gasteiger partial charge in [-0.05, 0) is 25.3 Å². The van der Waals surface area contributed by atoms with Gasteiger partial charge in [-0.25, -0.2) is 0 Å². The van der Waals surface area contributed by atoms with Crippen molar-refractivity contribution >= 4 is 5.78 Å². The molecule has 1 aliphatic carbocycles. The van der Waals surface area contributed by atoms with Crippen molar-refractivity contribution in [2.24, 2.45) is 0 Å². The fourth-order valence-corrected chi connectivity index (χ4v) is 1.52. The second-order valence-corrected chi connectivity index (χ2v) is 3.39. The maximum absolute atomic E-state index is 11.3. The average molecular weight is 180 g/mol. The molecule has 0 saturated heterocycles. The molecular formula is C11H16O2. The fraction of sp³-hybridized carbons (Fsp3) is 0.545. The molecule has 1 N–H and O–H groups in total. The van der Waals surface area contributed by atoms with Crippen LogP contribution in [0, 0.1) is 0 Å². The van der Waals surface area contributed by atoms with Crippen LogP contribution in [-0.4, -0.2) is 17.0 Å². The topological polar surface area (TPSA) is 37.3 Å². The minimum Gasteiger partial charge on any atom is -0.388 e. The van der Waals surface area contributed by atoms with E-state index in [1.165, 1.54) is 0 Å². The molecule has 2 heteroatoms. The quantitative estimate of drug-likeness (QED) is 0.674. The number of hydrogen-bond acceptors (Lipinski definition) is 2. The van der Waals surface area contributed by atoms with Crippen LogP contribution in [0.2, 0.25) is 0 Å². The summed E-state index contributed by atoms with van der Waals surface area (Å²) in [6.07, 6.45) is 5.45. The summed E-state index contributed by atoms with van der Waals surface area (Å²) in [5.41, 5.74) is 1.66. The third-order valence-electron chi connectivity index (χ3n) is 2.42. The minimum absolute atomic E-state index is 0.103. The molecule has 1 atom stereocenters. The molecule has 0 amide bonds. The molecule has 0 aromatic heterocycles. The summed E-state index contributed by atoms with van der Waals surface area (Å²) in [6.45, 7) is 3.90. The Kier molecular flexibility index (Phi) is 3.43. The third-order valence-corrected chi connectivity index (χ3v) is 2.42. The molecule has 0 aromatic rings. The summed E-state index contributed by atoms with van der Waals surface area (Å²) in [4.78, 5) is 11.3. The van der Waals surface area contributed by atoms with Crippen molar-refractivity contribution in [2.75, 3.05) is 0 Å².